The normalized spacial score (nSPS) is 16.1. The highest BCUT2D eigenvalue weighted by Crippen LogP contribution is 2.26. The molecular formula is C19H29N5O. The molecule has 0 unspecified atom stereocenters. The van der Waals surface area contributed by atoms with Crippen molar-refractivity contribution >= 4 is 16.7 Å². The molecule has 1 fully saturated rings. The first-order chi connectivity index (χ1) is 12.3. The van der Waals surface area contributed by atoms with Gasteiger partial charge in [0.2, 0.25) is 5.88 Å². The highest BCUT2D eigenvalue weighted by molar-refractivity contribution is 5.89. The fourth-order valence-corrected chi connectivity index (χ4v) is 3.22. The molecule has 0 radical (unpaired) electrons. The smallest absolute Gasteiger partial charge is 0.214 e. The van der Waals surface area contributed by atoms with Gasteiger partial charge in [-0.1, -0.05) is 32.6 Å². The van der Waals surface area contributed by atoms with E-state index in [9.17, 15) is 0 Å². The standard InChI is InChI=1S/C19H29N5O/c1-3-24(2)10-11-25-18-12-16-17(13-20-18)21-14-22-19(16)23-15-8-6-4-5-7-9-15/h12-15H,3-11H2,1-2H3,(H,21,22,23). The molecule has 0 amide bonds. The lowest BCUT2D eigenvalue weighted by Crippen LogP contribution is -2.23. The van der Waals surface area contributed by atoms with E-state index in [1.54, 1.807) is 12.5 Å². The SMILES string of the molecule is CCN(C)CCOc1cc2c(NC3CCCCCC3)ncnc2cn1. The second-order valence-electron chi connectivity index (χ2n) is 6.84. The Morgan fingerprint density at radius 2 is 1.96 bits per heavy atom. The monoisotopic (exact) mass is 343 g/mol. The Labute approximate surface area is 150 Å². The van der Waals surface area contributed by atoms with Crippen LogP contribution in [0.15, 0.2) is 18.6 Å². The molecule has 3 rings (SSSR count). The molecule has 1 N–H and O–H groups in total. The Morgan fingerprint density at radius 1 is 1.16 bits per heavy atom. The lowest BCUT2D eigenvalue weighted by atomic mass is 10.1. The van der Waals surface area contributed by atoms with Gasteiger partial charge < -0.3 is 15.0 Å². The molecule has 1 aliphatic rings. The second-order valence-corrected chi connectivity index (χ2v) is 6.84. The van der Waals surface area contributed by atoms with E-state index in [-0.39, 0.29) is 0 Å². The number of hydrogen-bond acceptors (Lipinski definition) is 6. The minimum absolute atomic E-state index is 0.497. The van der Waals surface area contributed by atoms with E-state index in [0.29, 0.717) is 18.5 Å². The fourth-order valence-electron chi connectivity index (χ4n) is 3.22. The van der Waals surface area contributed by atoms with Crippen molar-refractivity contribution in [1.29, 1.82) is 0 Å². The highest BCUT2D eigenvalue weighted by atomic mass is 16.5. The van der Waals surface area contributed by atoms with Crippen molar-refractivity contribution in [1.82, 2.24) is 19.9 Å². The van der Waals surface area contributed by atoms with Crippen LogP contribution < -0.4 is 10.1 Å². The van der Waals surface area contributed by atoms with Gasteiger partial charge in [0.1, 0.15) is 18.8 Å². The van der Waals surface area contributed by atoms with Gasteiger partial charge in [-0.2, -0.15) is 0 Å². The van der Waals surface area contributed by atoms with Crippen LogP contribution in [0.3, 0.4) is 0 Å². The van der Waals surface area contributed by atoms with Gasteiger partial charge in [-0.25, -0.2) is 15.0 Å². The summed E-state index contributed by atoms with van der Waals surface area (Å²) in [6.07, 6.45) is 11.1. The van der Waals surface area contributed by atoms with Gasteiger partial charge in [0.15, 0.2) is 0 Å². The molecule has 136 valence electrons. The molecule has 2 aromatic heterocycles. The number of anilines is 1. The molecule has 2 heterocycles. The van der Waals surface area contributed by atoms with Gasteiger partial charge in [-0.15, -0.1) is 0 Å². The largest absolute Gasteiger partial charge is 0.476 e. The molecule has 1 aliphatic carbocycles. The molecule has 25 heavy (non-hydrogen) atoms. The van der Waals surface area contributed by atoms with E-state index in [4.69, 9.17) is 4.74 Å². The van der Waals surface area contributed by atoms with E-state index in [0.717, 1.165) is 29.8 Å². The number of likely N-dealkylation sites (N-methyl/N-ethyl adjacent to an activating group) is 1. The van der Waals surface area contributed by atoms with Crippen LogP contribution in [0.1, 0.15) is 45.4 Å². The first kappa shape index (κ1) is 17.9. The quantitative estimate of drug-likeness (QED) is 0.777. The highest BCUT2D eigenvalue weighted by Gasteiger charge is 2.14. The summed E-state index contributed by atoms with van der Waals surface area (Å²) >= 11 is 0. The average Bonchev–Trinajstić information content (AvgIpc) is 2.90. The third-order valence-corrected chi connectivity index (χ3v) is 4.96. The van der Waals surface area contributed by atoms with Crippen LogP contribution in [0.5, 0.6) is 5.88 Å². The van der Waals surface area contributed by atoms with Gasteiger partial charge in [0.05, 0.1) is 11.7 Å². The molecule has 2 aromatic rings. The van der Waals surface area contributed by atoms with Crippen LogP contribution in [0.4, 0.5) is 5.82 Å². The Morgan fingerprint density at radius 3 is 2.72 bits per heavy atom. The number of hydrogen-bond donors (Lipinski definition) is 1. The minimum atomic E-state index is 0.497. The maximum absolute atomic E-state index is 5.82. The van der Waals surface area contributed by atoms with Gasteiger partial charge >= 0.3 is 0 Å². The average molecular weight is 343 g/mol. The van der Waals surface area contributed by atoms with E-state index in [1.807, 2.05) is 6.07 Å². The van der Waals surface area contributed by atoms with E-state index in [1.165, 1.54) is 38.5 Å². The topological polar surface area (TPSA) is 63.2 Å². The first-order valence-electron chi connectivity index (χ1n) is 9.45. The summed E-state index contributed by atoms with van der Waals surface area (Å²) in [5.74, 6) is 1.53. The van der Waals surface area contributed by atoms with Crippen molar-refractivity contribution < 1.29 is 4.74 Å². The number of nitrogens with zero attached hydrogens (tertiary/aromatic N) is 4. The van der Waals surface area contributed by atoms with Gasteiger partial charge in [0, 0.05) is 24.0 Å². The van der Waals surface area contributed by atoms with E-state index < -0.39 is 0 Å². The van der Waals surface area contributed by atoms with Gasteiger partial charge in [0.25, 0.3) is 0 Å². The number of nitrogens with one attached hydrogen (secondary N) is 1. The summed E-state index contributed by atoms with van der Waals surface area (Å²) in [5.41, 5.74) is 0.851. The minimum Gasteiger partial charge on any atom is -0.476 e. The third-order valence-electron chi connectivity index (χ3n) is 4.96. The molecule has 1 saturated carbocycles. The zero-order valence-corrected chi connectivity index (χ0v) is 15.4. The molecule has 0 spiro atoms. The molecule has 6 nitrogen and oxygen atoms in total. The summed E-state index contributed by atoms with van der Waals surface area (Å²) in [7, 11) is 2.08. The van der Waals surface area contributed by atoms with Crippen molar-refractivity contribution in [3.63, 3.8) is 0 Å². The predicted octanol–water partition coefficient (Wildman–Crippen LogP) is 3.49. The third kappa shape index (κ3) is 5.01. The maximum Gasteiger partial charge on any atom is 0.214 e. The van der Waals surface area contributed by atoms with Crippen molar-refractivity contribution in [2.45, 2.75) is 51.5 Å². The Kier molecular flexibility index (Phi) is 6.39. The Hall–Kier alpha value is -1.95. The van der Waals surface area contributed by atoms with Crippen LogP contribution in [-0.2, 0) is 0 Å². The van der Waals surface area contributed by atoms with Crippen molar-refractivity contribution in [3.05, 3.63) is 18.6 Å². The van der Waals surface area contributed by atoms with Crippen molar-refractivity contribution in [2.24, 2.45) is 0 Å². The molecule has 0 bridgehead atoms. The number of aromatic nitrogens is 3. The molecule has 0 aromatic carbocycles. The summed E-state index contributed by atoms with van der Waals surface area (Å²) in [6, 6.07) is 2.46. The predicted molar refractivity (Wildman–Crippen MR) is 101 cm³/mol. The molecular weight excluding hydrogens is 314 g/mol. The second kappa shape index (κ2) is 8.94. The summed E-state index contributed by atoms with van der Waals surface area (Å²) in [4.78, 5) is 15.4. The van der Waals surface area contributed by atoms with E-state index in [2.05, 4.69) is 39.1 Å². The lowest BCUT2D eigenvalue weighted by molar-refractivity contribution is 0.238. The molecule has 0 atom stereocenters. The van der Waals surface area contributed by atoms with Crippen LogP contribution in [0, 0.1) is 0 Å². The molecule has 0 saturated heterocycles. The van der Waals surface area contributed by atoms with E-state index >= 15 is 0 Å². The van der Waals surface area contributed by atoms with Crippen LogP contribution in [0.2, 0.25) is 0 Å². The number of pyridine rings is 1. The Balaban J connectivity index is 1.72. The molecule has 6 heteroatoms. The lowest BCUT2D eigenvalue weighted by Gasteiger charge is -2.18. The summed E-state index contributed by atoms with van der Waals surface area (Å²) < 4.78 is 5.82. The van der Waals surface area contributed by atoms with Crippen LogP contribution in [-0.4, -0.2) is 52.6 Å². The van der Waals surface area contributed by atoms with Crippen molar-refractivity contribution in [3.8, 4) is 5.88 Å². The van der Waals surface area contributed by atoms with Gasteiger partial charge in [-0.05, 0) is 26.4 Å². The number of ether oxygens (including phenoxy) is 1. The molecule has 0 aliphatic heterocycles. The first-order valence-corrected chi connectivity index (χ1v) is 9.45. The van der Waals surface area contributed by atoms with Crippen LogP contribution in [0.25, 0.3) is 10.9 Å². The number of rotatable bonds is 7. The fraction of sp³-hybridized carbons (Fsp3) is 0.632. The zero-order chi connectivity index (χ0) is 17.5. The summed E-state index contributed by atoms with van der Waals surface area (Å²) in [5, 5.41) is 4.62. The van der Waals surface area contributed by atoms with Crippen molar-refractivity contribution in [2.75, 3.05) is 32.1 Å². The van der Waals surface area contributed by atoms with Crippen LogP contribution >= 0.6 is 0 Å². The maximum atomic E-state index is 5.82. The van der Waals surface area contributed by atoms with Gasteiger partial charge in [-0.3, -0.25) is 0 Å². The number of fused-ring (bicyclic) bond motifs is 1. The Bertz CT molecular complexity index is 670. The zero-order valence-electron chi connectivity index (χ0n) is 15.4. The summed E-state index contributed by atoms with van der Waals surface area (Å²) in [6.45, 7) is 4.66.